The van der Waals surface area contributed by atoms with Crippen LogP contribution in [0.15, 0.2) is 0 Å². The van der Waals surface area contributed by atoms with Crippen LogP contribution in [0.3, 0.4) is 0 Å². The largest absolute Gasteiger partial charge is 0.383 e. The van der Waals surface area contributed by atoms with Crippen molar-refractivity contribution >= 4 is 0 Å². The molecule has 16 heavy (non-hydrogen) atoms. The average Bonchev–Trinajstić information content (AvgIpc) is 2.85. The van der Waals surface area contributed by atoms with Gasteiger partial charge in [-0.25, -0.2) is 0 Å². The number of nitrogens with one attached hydrogen (secondary N) is 1. The highest BCUT2D eigenvalue weighted by atomic mass is 16.5. The molecule has 1 heterocycles. The molecule has 0 aromatic carbocycles. The first-order chi connectivity index (χ1) is 7.70. The van der Waals surface area contributed by atoms with Crippen LogP contribution in [-0.2, 0) is 4.74 Å². The number of rotatable bonds is 6. The van der Waals surface area contributed by atoms with Crippen LogP contribution in [0.25, 0.3) is 0 Å². The Morgan fingerprint density at radius 3 is 2.69 bits per heavy atom. The number of hydrogen-bond donors (Lipinski definition) is 1. The number of hydrogen-bond acceptors (Lipinski definition) is 3. The first-order valence-corrected chi connectivity index (χ1v) is 6.68. The molecule has 1 N–H and O–H groups in total. The van der Waals surface area contributed by atoms with Crippen LogP contribution in [0.2, 0.25) is 0 Å². The maximum absolute atomic E-state index is 5.37. The summed E-state index contributed by atoms with van der Waals surface area (Å²) >= 11 is 0. The van der Waals surface area contributed by atoms with E-state index in [1.165, 1.54) is 25.8 Å². The molecule has 3 atom stereocenters. The summed E-state index contributed by atoms with van der Waals surface area (Å²) in [5.74, 6) is 0.975. The summed E-state index contributed by atoms with van der Waals surface area (Å²) in [7, 11) is 1.82. The summed E-state index contributed by atoms with van der Waals surface area (Å²) in [5.41, 5.74) is 0. The van der Waals surface area contributed by atoms with Gasteiger partial charge in [0.05, 0.1) is 6.61 Å². The van der Waals surface area contributed by atoms with Crippen molar-refractivity contribution in [2.45, 2.75) is 51.2 Å². The van der Waals surface area contributed by atoms with E-state index in [-0.39, 0.29) is 0 Å². The number of fused-ring (bicyclic) bond motifs is 2. The van der Waals surface area contributed by atoms with Crippen molar-refractivity contribution in [2.24, 2.45) is 5.92 Å². The molecule has 3 nitrogen and oxygen atoms in total. The first kappa shape index (κ1) is 12.3. The van der Waals surface area contributed by atoms with Crippen LogP contribution < -0.4 is 5.32 Å². The smallest absolute Gasteiger partial charge is 0.0630 e. The van der Waals surface area contributed by atoms with Crippen LogP contribution >= 0.6 is 0 Å². The topological polar surface area (TPSA) is 24.5 Å². The standard InChI is InChI=1S/C13H26N2O/c1-10(2)14-7-13(9-16-3)15-8-11-4-5-12(15)6-11/h10-14H,4-9H2,1-3H3. The highest BCUT2D eigenvalue weighted by Gasteiger charge is 2.40. The molecule has 0 amide bonds. The second-order valence-electron chi connectivity index (χ2n) is 5.70. The van der Waals surface area contributed by atoms with Gasteiger partial charge in [-0.1, -0.05) is 13.8 Å². The zero-order valence-electron chi connectivity index (χ0n) is 10.9. The molecule has 2 bridgehead atoms. The van der Waals surface area contributed by atoms with Crippen molar-refractivity contribution in [2.75, 3.05) is 26.8 Å². The van der Waals surface area contributed by atoms with Crippen LogP contribution in [-0.4, -0.2) is 49.8 Å². The molecule has 0 aromatic rings. The lowest BCUT2D eigenvalue weighted by atomic mass is 10.1. The Kier molecular flexibility index (Phi) is 4.22. The Morgan fingerprint density at radius 2 is 2.19 bits per heavy atom. The fraction of sp³-hybridized carbons (Fsp3) is 1.00. The molecule has 1 aliphatic heterocycles. The van der Waals surface area contributed by atoms with E-state index in [9.17, 15) is 0 Å². The first-order valence-electron chi connectivity index (χ1n) is 6.68. The van der Waals surface area contributed by atoms with Gasteiger partial charge in [0.2, 0.25) is 0 Å². The van der Waals surface area contributed by atoms with E-state index in [1.807, 2.05) is 7.11 Å². The third kappa shape index (κ3) is 2.76. The van der Waals surface area contributed by atoms with Gasteiger partial charge >= 0.3 is 0 Å². The van der Waals surface area contributed by atoms with E-state index in [0.29, 0.717) is 12.1 Å². The molecule has 2 fully saturated rings. The maximum Gasteiger partial charge on any atom is 0.0630 e. The molecule has 2 rings (SSSR count). The van der Waals surface area contributed by atoms with Gasteiger partial charge in [0.1, 0.15) is 0 Å². The van der Waals surface area contributed by atoms with Crippen molar-refractivity contribution in [3.63, 3.8) is 0 Å². The molecule has 3 heteroatoms. The van der Waals surface area contributed by atoms with E-state index in [4.69, 9.17) is 4.74 Å². The molecule has 0 aromatic heterocycles. The highest BCUT2D eigenvalue weighted by Crippen LogP contribution is 2.38. The van der Waals surface area contributed by atoms with Crippen LogP contribution in [0, 0.1) is 5.92 Å². The number of ether oxygens (including phenoxy) is 1. The molecule has 94 valence electrons. The minimum absolute atomic E-state index is 0.569. The van der Waals surface area contributed by atoms with Crippen LogP contribution in [0.5, 0.6) is 0 Å². The molecular weight excluding hydrogens is 200 g/mol. The van der Waals surface area contributed by atoms with Crippen LogP contribution in [0.1, 0.15) is 33.1 Å². The fourth-order valence-electron chi connectivity index (χ4n) is 3.25. The van der Waals surface area contributed by atoms with Gasteiger partial charge in [-0.15, -0.1) is 0 Å². The van der Waals surface area contributed by atoms with E-state index in [1.54, 1.807) is 0 Å². The molecule has 1 saturated carbocycles. The predicted molar refractivity (Wildman–Crippen MR) is 66.6 cm³/mol. The third-order valence-corrected chi connectivity index (χ3v) is 4.04. The molecule has 0 radical (unpaired) electrons. The average molecular weight is 226 g/mol. The number of nitrogens with zero attached hydrogens (tertiary/aromatic N) is 1. The van der Waals surface area contributed by atoms with Gasteiger partial charge in [-0.2, -0.15) is 0 Å². The van der Waals surface area contributed by atoms with Gasteiger partial charge in [0, 0.05) is 38.3 Å². The predicted octanol–water partition coefficient (Wildman–Crippen LogP) is 1.48. The Balaban J connectivity index is 1.86. The van der Waals surface area contributed by atoms with E-state index < -0.39 is 0 Å². The Bertz CT molecular complexity index is 220. The quantitative estimate of drug-likeness (QED) is 0.742. The van der Waals surface area contributed by atoms with Gasteiger partial charge in [-0.05, 0) is 25.2 Å². The SMILES string of the molecule is COCC(CNC(C)C)N1CC2CCC1C2. The summed E-state index contributed by atoms with van der Waals surface area (Å²) in [5, 5.41) is 3.55. The summed E-state index contributed by atoms with van der Waals surface area (Å²) in [4.78, 5) is 2.69. The van der Waals surface area contributed by atoms with Crippen molar-refractivity contribution in [3.8, 4) is 0 Å². The zero-order chi connectivity index (χ0) is 11.5. The number of likely N-dealkylation sites (tertiary alicyclic amines) is 1. The lowest BCUT2D eigenvalue weighted by Gasteiger charge is -2.35. The molecule has 0 spiro atoms. The fourth-order valence-corrected chi connectivity index (χ4v) is 3.25. The highest BCUT2D eigenvalue weighted by molar-refractivity contribution is 4.95. The van der Waals surface area contributed by atoms with Crippen molar-refractivity contribution < 1.29 is 4.74 Å². The second-order valence-corrected chi connectivity index (χ2v) is 5.70. The molecule has 1 aliphatic carbocycles. The second kappa shape index (κ2) is 5.48. The van der Waals surface area contributed by atoms with E-state index >= 15 is 0 Å². The molecule has 1 saturated heterocycles. The van der Waals surface area contributed by atoms with Crippen molar-refractivity contribution in [3.05, 3.63) is 0 Å². The minimum atomic E-state index is 0.569. The molecular formula is C13H26N2O. The maximum atomic E-state index is 5.37. The number of methoxy groups -OCH3 is 1. The van der Waals surface area contributed by atoms with Gasteiger partial charge < -0.3 is 10.1 Å². The Morgan fingerprint density at radius 1 is 1.38 bits per heavy atom. The van der Waals surface area contributed by atoms with Crippen molar-refractivity contribution in [1.29, 1.82) is 0 Å². The van der Waals surface area contributed by atoms with Crippen molar-refractivity contribution in [1.82, 2.24) is 10.2 Å². The molecule has 2 aliphatic rings. The monoisotopic (exact) mass is 226 g/mol. The summed E-state index contributed by atoms with van der Waals surface area (Å²) in [6.07, 6.45) is 4.30. The Labute approximate surface area is 99.5 Å². The third-order valence-electron chi connectivity index (χ3n) is 4.04. The van der Waals surface area contributed by atoms with E-state index in [0.717, 1.165) is 25.1 Å². The van der Waals surface area contributed by atoms with Gasteiger partial charge in [0.15, 0.2) is 0 Å². The summed E-state index contributed by atoms with van der Waals surface area (Å²) in [6, 6.07) is 1.99. The Hall–Kier alpha value is -0.120. The van der Waals surface area contributed by atoms with E-state index in [2.05, 4.69) is 24.1 Å². The minimum Gasteiger partial charge on any atom is -0.383 e. The number of piperidine rings is 1. The normalized spacial score (nSPS) is 31.5. The van der Waals surface area contributed by atoms with Gasteiger partial charge in [-0.3, -0.25) is 4.90 Å². The van der Waals surface area contributed by atoms with Gasteiger partial charge in [0.25, 0.3) is 0 Å². The summed E-state index contributed by atoms with van der Waals surface area (Å²) < 4.78 is 5.37. The zero-order valence-corrected chi connectivity index (χ0v) is 10.9. The molecule has 3 unspecified atom stereocenters. The summed E-state index contributed by atoms with van der Waals surface area (Å²) in [6.45, 7) is 7.65. The van der Waals surface area contributed by atoms with Crippen LogP contribution in [0.4, 0.5) is 0 Å². The lowest BCUT2D eigenvalue weighted by molar-refractivity contribution is 0.0678. The lowest BCUT2D eigenvalue weighted by Crippen LogP contribution is -2.49.